The van der Waals surface area contributed by atoms with Crippen LogP contribution < -0.4 is 4.90 Å². The Balaban J connectivity index is 1.88. The van der Waals surface area contributed by atoms with Crippen molar-refractivity contribution in [3.05, 3.63) is 36.0 Å². The Morgan fingerprint density at radius 2 is 2.04 bits per heavy atom. The zero-order valence-corrected chi connectivity index (χ0v) is 15.1. The Hall–Kier alpha value is -2.64. The maximum Gasteiger partial charge on any atom is 0.162 e. The molecular weight excluding hydrogens is 330 g/mol. The zero-order valence-electron chi connectivity index (χ0n) is 15.1. The summed E-state index contributed by atoms with van der Waals surface area (Å²) in [5, 5.41) is 9.84. The minimum absolute atomic E-state index is 0.210. The fourth-order valence-electron chi connectivity index (χ4n) is 3.28. The normalized spacial score (nSPS) is 15.1. The molecule has 0 saturated carbocycles. The topological polar surface area (TPSA) is 77.5 Å². The number of rotatable bonds is 4. The lowest BCUT2D eigenvalue weighted by Gasteiger charge is -2.28. The molecule has 0 radical (unpaired) electrons. The monoisotopic (exact) mass is 353 g/mol. The summed E-state index contributed by atoms with van der Waals surface area (Å²) in [6, 6.07) is 7.08. The van der Waals surface area contributed by atoms with Crippen LogP contribution in [0.15, 0.2) is 30.5 Å². The van der Waals surface area contributed by atoms with E-state index < -0.39 is 0 Å². The number of fused-ring (bicyclic) bond motifs is 1. The van der Waals surface area contributed by atoms with Crippen molar-refractivity contribution < 1.29 is 9.84 Å². The van der Waals surface area contributed by atoms with Gasteiger partial charge in [0, 0.05) is 37.0 Å². The van der Waals surface area contributed by atoms with Gasteiger partial charge >= 0.3 is 0 Å². The van der Waals surface area contributed by atoms with Gasteiger partial charge in [0.2, 0.25) is 0 Å². The number of morpholine rings is 1. The van der Waals surface area contributed by atoms with Gasteiger partial charge in [-0.1, -0.05) is 12.1 Å². The average molecular weight is 353 g/mol. The maximum absolute atomic E-state index is 9.84. The average Bonchev–Trinajstić information content (AvgIpc) is 3.04. The van der Waals surface area contributed by atoms with Crippen molar-refractivity contribution in [2.45, 2.75) is 6.54 Å². The fourth-order valence-corrected chi connectivity index (χ4v) is 3.28. The Kier molecular flexibility index (Phi) is 4.48. The molecule has 0 unspecified atom stereocenters. The molecule has 3 heterocycles. The van der Waals surface area contributed by atoms with Crippen molar-refractivity contribution in [3.63, 3.8) is 0 Å². The Bertz CT molecular complexity index is 915. The Morgan fingerprint density at radius 1 is 1.23 bits per heavy atom. The first-order valence-electron chi connectivity index (χ1n) is 8.76. The van der Waals surface area contributed by atoms with Gasteiger partial charge in [0.05, 0.1) is 18.7 Å². The summed E-state index contributed by atoms with van der Waals surface area (Å²) >= 11 is 0. The number of aromatic amines is 1. The van der Waals surface area contributed by atoms with Gasteiger partial charge in [-0.3, -0.25) is 0 Å². The molecule has 2 N–H and O–H groups in total. The number of nitrogens with one attached hydrogen (secondary N) is 1. The standard InChI is InChI=1S/C19H23N5O2/c1-23(2)12-14-11-20-17-16(14)21-18(13-4-3-5-15(25)10-13)22-19(17)24-6-8-26-9-7-24/h3-5,10-11,20,25H,6-9,12H2,1-2H3. The van der Waals surface area contributed by atoms with E-state index in [0.29, 0.717) is 19.0 Å². The van der Waals surface area contributed by atoms with Crippen molar-refractivity contribution >= 4 is 16.9 Å². The van der Waals surface area contributed by atoms with Crippen LogP contribution in [-0.4, -0.2) is 65.4 Å². The summed E-state index contributed by atoms with van der Waals surface area (Å²) in [7, 11) is 4.08. The predicted octanol–water partition coefficient (Wildman–Crippen LogP) is 2.23. The number of hydrogen-bond acceptors (Lipinski definition) is 6. The molecule has 1 aliphatic rings. The minimum atomic E-state index is 0.210. The molecule has 0 amide bonds. The van der Waals surface area contributed by atoms with Crippen LogP contribution in [0, 0.1) is 0 Å². The summed E-state index contributed by atoms with van der Waals surface area (Å²) in [5.74, 6) is 1.72. The molecule has 1 fully saturated rings. The molecule has 7 heteroatoms. The van der Waals surface area contributed by atoms with Crippen molar-refractivity contribution in [2.24, 2.45) is 0 Å². The molecule has 136 valence electrons. The van der Waals surface area contributed by atoms with E-state index in [1.54, 1.807) is 12.1 Å². The van der Waals surface area contributed by atoms with Gasteiger partial charge < -0.3 is 24.6 Å². The highest BCUT2D eigenvalue weighted by Crippen LogP contribution is 2.30. The predicted molar refractivity (Wildman–Crippen MR) is 101 cm³/mol. The smallest absolute Gasteiger partial charge is 0.162 e. The van der Waals surface area contributed by atoms with Gasteiger partial charge in [-0.05, 0) is 26.2 Å². The van der Waals surface area contributed by atoms with Crippen LogP contribution in [0.1, 0.15) is 5.56 Å². The van der Waals surface area contributed by atoms with E-state index in [1.165, 1.54) is 0 Å². The van der Waals surface area contributed by atoms with Crippen molar-refractivity contribution in [1.29, 1.82) is 0 Å². The number of nitrogens with zero attached hydrogens (tertiary/aromatic N) is 4. The summed E-state index contributed by atoms with van der Waals surface area (Å²) in [5.41, 5.74) is 3.81. The maximum atomic E-state index is 9.84. The third kappa shape index (κ3) is 3.23. The molecule has 0 bridgehead atoms. The molecule has 2 aromatic heterocycles. The van der Waals surface area contributed by atoms with Gasteiger partial charge in [0.25, 0.3) is 0 Å². The van der Waals surface area contributed by atoms with E-state index in [4.69, 9.17) is 14.7 Å². The summed E-state index contributed by atoms with van der Waals surface area (Å²) < 4.78 is 5.49. The van der Waals surface area contributed by atoms with E-state index in [1.807, 2.05) is 32.4 Å². The largest absolute Gasteiger partial charge is 0.508 e. The van der Waals surface area contributed by atoms with Crippen LogP contribution in [0.25, 0.3) is 22.4 Å². The minimum Gasteiger partial charge on any atom is -0.508 e. The SMILES string of the molecule is CN(C)Cc1c[nH]c2c(N3CCOCC3)nc(-c3cccc(O)c3)nc12. The van der Waals surface area contributed by atoms with E-state index in [-0.39, 0.29) is 5.75 Å². The lowest BCUT2D eigenvalue weighted by atomic mass is 10.2. The van der Waals surface area contributed by atoms with E-state index in [2.05, 4.69) is 14.8 Å². The van der Waals surface area contributed by atoms with E-state index in [9.17, 15) is 5.11 Å². The molecule has 7 nitrogen and oxygen atoms in total. The molecule has 0 spiro atoms. The van der Waals surface area contributed by atoms with Crippen LogP contribution in [0.3, 0.4) is 0 Å². The van der Waals surface area contributed by atoms with Gasteiger partial charge in [-0.2, -0.15) is 0 Å². The molecule has 0 aliphatic carbocycles. The number of aromatic nitrogens is 3. The number of phenolic OH excluding ortho intramolecular Hbond substituents is 1. The van der Waals surface area contributed by atoms with Crippen LogP contribution in [-0.2, 0) is 11.3 Å². The molecule has 1 aliphatic heterocycles. The Morgan fingerprint density at radius 3 is 2.77 bits per heavy atom. The number of phenols is 1. The van der Waals surface area contributed by atoms with Gasteiger partial charge in [-0.25, -0.2) is 9.97 Å². The number of hydrogen-bond donors (Lipinski definition) is 2. The van der Waals surface area contributed by atoms with Crippen molar-refractivity contribution in [1.82, 2.24) is 19.9 Å². The highest BCUT2D eigenvalue weighted by molar-refractivity contribution is 5.90. The molecule has 3 aromatic rings. The third-order valence-electron chi connectivity index (χ3n) is 4.49. The summed E-state index contributed by atoms with van der Waals surface area (Å²) in [4.78, 5) is 17.4. The molecule has 1 saturated heterocycles. The second kappa shape index (κ2) is 6.93. The fraction of sp³-hybridized carbons (Fsp3) is 0.368. The summed E-state index contributed by atoms with van der Waals surface area (Å²) in [6.45, 7) is 3.77. The molecule has 0 atom stereocenters. The lowest BCUT2D eigenvalue weighted by molar-refractivity contribution is 0.122. The number of aromatic hydroxyl groups is 1. The molecule has 26 heavy (non-hydrogen) atoms. The first-order valence-corrected chi connectivity index (χ1v) is 8.76. The molecule has 1 aromatic carbocycles. The number of benzene rings is 1. The second-order valence-corrected chi connectivity index (χ2v) is 6.80. The highest BCUT2D eigenvalue weighted by atomic mass is 16.5. The van der Waals surface area contributed by atoms with Crippen molar-refractivity contribution in [2.75, 3.05) is 45.3 Å². The van der Waals surface area contributed by atoms with Gasteiger partial charge in [0.1, 0.15) is 11.3 Å². The van der Waals surface area contributed by atoms with E-state index in [0.717, 1.165) is 47.6 Å². The number of ether oxygens (including phenoxy) is 1. The van der Waals surface area contributed by atoms with Gasteiger partial charge in [-0.15, -0.1) is 0 Å². The van der Waals surface area contributed by atoms with Gasteiger partial charge in [0.15, 0.2) is 11.6 Å². The lowest BCUT2D eigenvalue weighted by Crippen LogP contribution is -2.37. The van der Waals surface area contributed by atoms with Crippen LogP contribution in [0.2, 0.25) is 0 Å². The molecule has 4 rings (SSSR count). The summed E-state index contributed by atoms with van der Waals surface area (Å²) in [6.07, 6.45) is 2.01. The van der Waals surface area contributed by atoms with Crippen LogP contribution in [0.5, 0.6) is 5.75 Å². The van der Waals surface area contributed by atoms with Crippen molar-refractivity contribution in [3.8, 4) is 17.1 Å². The van der Waals surface area contributed by atoms with Crippen LogP contribution in [0.4, 0.5) is 5.82 Å². The van der Waals surface area contributed by atoms with E-state index >= 15 is 0 Å². The number of H-pyrrole nitrogens is 1. The Labute approximate surface area is 152 Å². The highest BCUT2D eigenvalue weighted by Gasteiger charge is 2.21. The zero-order chi connectivity index (χ0) is 18.1. The molecular formula is C19H23N5O2. The third-order valence-corrected chi connectivity index (χ3v) is 4.49. The second-order valence-electron chi connectivity index (χ2n) is 6.80. The first kappa shape index (κ1) is 16.8. The first-order chi connectivity index (χ1) is 12.6. The van der Waals surface area contributed by atoms with Crippen LogP contribution >= 0.6 is 0 Å². The quantitative estimate of drug-likeness (QED) is 0.749. The number of anilines is 1.